The number of hydrogen-bond donors (Lipinski definition) is 1. The van der Waals surface area contributed by atoms with Crippen LogP contribution in [0.2, 0.25) is 0 Å². The van der Waals surface area contributed by atoms with Gasteiger partial charge in [0.15, 0.2) is 0 Å². The summed E-state index contributed by atoms with van der Waals surface area (Å²) in [5.74, 6) is 0. The topological polar surface area (TPSA) is 33.1 Å². The van der Waals surface area contributed by atoms with Crippen molar-refractivity contribution in [2.24, 2.45) is 7.05 Å². The summed E-state index contributed by atoms with van der Waals surface area (Å²) in [5.41, 5.74) is 3.75. The predicted octanol–water partition coefficient (Wildman–Crippen LogP) is 2.63. The number of likely N-dealkylation sites (tertiary alicyclic amines) is 1. The summed E-state index contributed by atoms with van der Waals surface area (Å²) in [6.45, 7) is 4.39. The lowest BCUT2D eigenvalue weighted by molar-refractivity contribution is 0.331. The summed E-state index contributed by atoms with van der Waals surface area (Å²) in [6, 6.07) is 8.79. The van der Waals surface area contributed by atoms with Crippen molar-refractivity contribution in [1.82, 2.24) is 14.5 Å². The van der Waals surface area contributed by atoms with Gasteiger partial charge >= 0.3 is 0 Å². The van der Waals surface area contributed by atoms with Crippen LogP contribution >= 0.6 is 0 Å². The van der Waals surface area contributed by atoms with Crippen LogP contribution in [-0.2, 0) is 20.1 Å². The van der Waals surface area contributed by atoms with Crippen molar-refractivity contribution in [1.29, 1.82) is 0 Å². The van der Waals surface area contributed by atoms with Crippen LogP contribution in [-0.4, -0.2) is 27.5 Å². The zero-order valence-electron chi connectivity index (χ0n) is 12.0. The highest BCUT2D eigenvalue weighted by molar-refractivity contribution is 5.44. The van der Waals surface area contributed by atoms with Gasteiger partial charge in [-0.05, 0) is 43.6 Å². The van der Waals surface area contributed by atoms with E-state index >= 15 is 0 Å². The van der Waals surface area contributed by atoms with Crippen molar-refractivity contribution < 1.29 is 0 Å². The molecule has 1 aliphatic heterocycles. The second kappa shape index (κ2) is 6.09. The number of rotatable bonds is 5. The van der Waals surface area contributed by atoms with Gasteiger partial charge in [-0.15, -0.1) is 0 Å². The average molecular weight is 270 g/mol. The van der Waals surface area contributed by atoms with Gasteiger partial charge in [0, 0.05) is 25.5 Å². The van der Waals surface area contributed by atoms with Crippen LogP contribution in [0, 0.1) is 0 Å². The fourth-order valence-corrected chi connectivity index (χ4v) is 2.67. The quantitative estimate of drug-likeness (QED) is 0.906. The molecule has 2 aromatic rings. The Labute approximate surface area is 120 Å². The Morgan fingerprint density at radius 1 is 1.15 bits per heavy atom. The molecule has 0 spiro atoms. The van der Waals surface area contributed by atoms with E-state index in [1.165, 1.54) is 37.2 Å². The van der Waals surface area contributed by atoms with Crippen molar-refractivity contribution in [3.8, 4) is 0 Å². The standard InChI is InChI=1S/C16H22N4/c1-19-13-17-10-16(19)11-18-15-6-4-14(5-7-15)12-20-8-2-3-9-20/h4-7,10,13,18H,2-3,8-9,11-12H2,1H3. The molecule has 0 amide bonds. The molecule has 0 saturated carbocycles. The number of hydrogen-bond acceptors (Lipinski definition) is 3. The van der Waals surface area contributed by atoms with E-state index in [0.717, 1.165) is 18.8 Å². The zero-order chi connectivity index (χ0) is 13.8. The van der Waals surface area contributed by atoms with E-state index in [9.17, 15) is 0 Å². The van der Waals surface area contributed by atoms with E-state index in [4.69, 9.17) is 0 Å². The fraction of sp³-hybridized carbons (Fsp3) is 0.438. The van der Waals surface area contributed by atoms with E-state index < -0.39 is 0 Å². The van der Waals surface area contributed by atoms with E-state index in [2.05, 4.69) is 39.5 Å². The maximum absolute atomic E-state index is 4.12. The summed E-state index contributed by atoms with van der Waals surface area (Å²) in [7, 11) is 2.02. The molecule has 1 N–H and O–H groups in total. The van der Waals surface area contributed by atoms with Gasteiger partial charge < -0.3 is 9.88 Å². The van der Waals surface area contributed by atoms with Crippen LogP contribution < -0.4 is 5.32 Å². The summed E-state index contributed by atoms with van der Waals surface area (Å²) >= 11 is 0. The van der Waals surface area contributed by atoms with Crippen LogP contribution in [0.4, 0.5) is 5.69 Å². The first-order chi connectivity index (χ1) is 9.81. The van der Waals surface area contributed by atoms with Gasteiger partial charge in [0.25, 0.3) is 0 Å². The lowest BCUT2D eigenvalue weighted by atomic mass is 10.2. The number of benzene rings is 1. The molecular formula is C16H22N4. The minimum absolute atomic E-state index is 0.808. The van der Waals surface area contributed by atoms with Gasteiger partial charge in [-0.1, -0.05) is 12.1 Å². The molecule has 1 aromatic heterocycles. The van der Waals surface area contributed by atoms with E-state index in [-0.39, 0.29) is 0 Å². The monoisotopic (exact) mass is 270 g/mol. The minimum atomic E-state index is 0.808. The van der Waals surface area contributed by atoms with Crippen molar-refractivity contribution in [2.45, 2.75) is 25.9 Å². The number of imidazole rings is 1. The number of anilines is 1. The van der Waals surface area contributed by atoms with Crippen LogP contribution in [0.5, 0.6) is 0 Å². The third kappa shape index (κ3) is 3.20. The third-order valence-electron chi connectivity index (χ3n) is 3.95. The largest absolute Gasteiger partial charge is 0.379 e. The third-order valence-corrected chi connectivity index (χ3v) is 3.95. The second-order valence-electron chi connectivity index (χ2n) is 5.53. The Morgan fingerprint density at radius 2 is 1.90 bits per heavy atom. The maximum Gasteiger partial charge on any atom is 0.0946 e. The van der Waals surface area contributed by atoms with Gasteiger partial charge in [-0.2, -0.15) is 0 Å². The Morgan fingerprint density at radius 3 is 2.55 bits per heavy atom. The fourth-order valence-electron chi connectivity index (χ4n) is 2.67. The summed E-state index contributed by atoms with van der Waals surface area (Å²) in [4.78, 5) is 6.65. The smallest absolute Gasteiger partial charge is 0.0946 e. The SMILES string of the molecule is Cn1cncc1CNc1ccc(CN2CCCC2)cc1. The van der Waals surface area contributed by atoms with E-state index in [0.29, 0.717) is 0 Å². The van der Waals surface area contributed by atoms with E-state index in [1.54, 1.807) is 0 Å². The Kier molecular flexibility index (Phi) is 4.02. The summed E-state index contributed by atoms with van der Waals surface area (Å²) in [6.07, 6.45) is 6.43. The number of aryl methyl sites for hydroxylation is 1. The first-order valence-corrected chi connectivity index (χ1v) is 7.31. The summed E-state index contributed by atoms with van der Waals surface area (Å²) in [5, 5.41) is 3.43. The van der Waals surface area contributed by atoms with Crippen molar-refractivity contribution in [3.05, 3.63) is 48.0 Å². The Bertz CT molecular complexity index is 538. The van der Waals surface area contributed by atoms with Crippen molar-refractivity contribution in [3.63, 3.8) is 0 Å². The Balaban J connectivity index is 1.54. The molecule has 3 rings (SSSR count). The number of nitrogens with zero attached hydrogens (tertiary/aromatic N) is 3. The van der Waals surface area contributed by atoms with Gasteiger partial charge in [0.05, 0.1) is 18.6 Å². The molecule has 0 aliphatic carbocycles. The van der Waals surface area contributed by atoms with E-state index in [1.807, 2.05) is 24.1 Å². The summed E-state index contributed by atoms with van der Waals surface area (Å²) < 4.78 is 2.04. The zero-order valence-corrected chi connectivity index (χ0v) is 12.0. The van der Waals surface area contributed by atoms with Gasteiger partial charge in [0.1, 0.15) is 0 Å². The molecular weight excluding hydrogens is 248 g/mol. The molecule has 1 aliphatic rings. The van der Waals surface area contributed by atoms with Crippen LogP contribution in [0.1, 0.15) is 24.1 Å². The normalized spacial score (nSPS) is 15.7. The highest BCUT2D eigenvalue weighted by Crippen LogP contribution is 2.15. The molecule has 2 heterocycles. The average Bonchev–Trinajstić information content (AvgIpc) is 3.10. The molecule has 20 heavy (non-hydrogen) atoms. The molecule has 4 nitrogen and oxygen atoms in total. The van der Waals surface area contributed by atoms with Gasteiger partial charge in [-0.3, -0.25) is 4.90 Å². The predicted molar refractivity (Wildman–Crippen MR) is 81.5 cm³/mol. The maximum atomic E-state index is 4.12. The van der Waals surface area contributed by atoms with Gasteiger partial charge in [0.2, 0.25) is 0 Å². The molecule has 1 fully saturated rings. The van der Waals surface area contributed by atoms with Crippen LogP contribution in [0.15, 0.2) is 36.8 Å². The minimum Gasteiger partial charge on any atom is -0.379 e. The number of aromatic nitrogens is 2. The molecule has 4 heteroatoms. The van der Waals surface area contributed by atoms with Gasteiger partial charge in [-0.25, -0.2) is 4.98 Å². The molecule has 1 saturated heterocycles. The van der Waals surface area contributed by atoms with Crippen LogP contribution in [0.3, 0.4) is 0 Å². The molecule has 0 radical (unpaired) electrons. The Hall–Kier alpha value is -1.81. The lowest BCUT2D eigenvalue weighted by Crippen LogP contribution is -2.18. The first kappa shape index (κ1) is 13.2. The highest BCUT2D eigenvalue weighted by Gasteiger charge is 2.11. The van der Waals surface area contributed by atoms with Crippen molar-refractivity contribution in [2.75, 3.05) is 18.4 Å². The first-order valence-electron chi connectivity index (χ1n) is 7.31. The lowest BCUT2D eigenvalue weighted by Gasteiger charge is -2.15. The molecule has 0 bridgehead atoms. The highest BCUT2D eigenvalue weighted by atomic mass is 15.1. The molecule has 0 unspecified atom stereocenters. The molecule has 0 atom stereocenters. The molecule has 1 aromatic carbocycles. The number of nitrogens with one attached hydrogen (secondary N) is 1. The van der Waals surface area contributed by atoms with Crippen LogP contribution in [0.25, 0.3) is 0 Å². The van der Waals surface area contributed by atoms with Crippen molar-refractivity contribution >= 4 is 5.69 Å². The molecule has 106 valence electrons. The second-order valence-corrected chi connectivity index (χ2v) is 5.53.